The Bertz CT molecular complexity index is 425. The van der Waals surface area contributed by atoms with Crippen molar-refractivity contribution in [3.8, 4) is 0 Å². The predicted octanol–water partition coefficient (Wildman–Crippen LogP) is 2.12. The Hall–Kier alpha value is -0.870. The van der Waals surface area contributed by atoms with Crippen molar-refractivity contribution in [3.05, 3.63) is 17.4 Å². The summed E-state index contributed by atoms with van der Waals surface area (Å²) >= 11 is 5.81. The molecule has 98 valence electrons. The minimum absolute atomic E-state index is 0.0707. The minimum atomic E-state index is 0.0707. The van der Waals surface area contributed by atoms with Gasteiger partial charge in [0.1, 0.15) is 0 Å². The first kappa shape index (κ1) is 12.2. The highest BCUT2D eigenvalue weighted by molar-refractivity contribution is 6.30. The van der Waals surface area contributed by atoms with Gasteiger partial charge < -0.3 is 10.0 Å². The summed E-state index contributed by atoms with van der Waals surface area (Å²) in [5.74, 6) is 1.32. The molecule has 0 amide bonds. The van der Waals surface area contributed by atoms with E-state index in [2.05, 4.69) is 14.9 Å². The van der Waals surface area contributed by atoms with Gasteiger partial charge in [-0.25, -0.2) is 9.97 Å². The molecular formula is C13H18ClN3O. The molecule has 0 spiro atoms. The SMILES string of the molecule is OCC12CCCCC1CN(c1ncc(Cl)cn1)C2. The van der Waals surface area contributed by atoms with Crippen LogP contribution in [0.1, 0.15) is 25.7 Å². The van der Waals surface area contributed by atoms with Crippen LogP contribution in [0.5, 0.6) is 0 Å². The number of hydrogen-bond acceptors (Lipinski definition) is 4. The van der Waals surface area contributed by atoms with Crippen LogP contribution in [-0.2, 0) is 0 Å². The molecule has 1 saturated carbocycles. The molecule has 0 aromatic carbocycles. The lowest BCUT2D eigenvalue weighted by molar-refractivity contribution is 0.0626. The Balaban J connectivity index is 1.82. The third kappa shape index (κ3) is 1.97. The second kappa shape index (κ2) is 4.67. The molecule has 1 aromatic rings. The Morgan fingerprint density at radius 2 is 2.17 bits per heavy atom. The van der Waals surface area contributed by atoms with Crippen molar-refractivity contribution in [1.82, 2.24) is 9.97 Å². The number of hydrogen-bond donors (Lipinski definition) is 1. The second-order valence-corrected chi connectivity index (χ2v) is 5.98. The molecule has 2 aliphatic rings. The Kier molecular flexibility index (Phi) is 3.16. The number of anilines is 1. The lowest BCUT2D eigenvalue weighted by Gasteiger charge is -2.36. The maximum Gasteiger partial charge on any atom is 0.225 e. The maximum absolute atomic E-state index is 9.77. The fraction of sp³-hybridized carbons (Fsp3) is 0.692. The molecule has 0 bridgehead atoms. The number of rotatable bonds is 2. The Morgan fingerprint density at radius 3 is 2.83 bits per heavy atom. The highest BCUT2D eigenvalue weighted by Gasteiger charge is 2.47. The highest BCUT2D eigenvalue weighted by Crippen LogP contribution is 2.46. The van der Waals surface area contributed by atoms with E-state index in [9.17, 15) is 5.11 Å². The standard InChI is InChI=1S/C13H18ClN3O/c14-11-5-15-12(16-6-11)17-7-10-3-1-2-4-13(10,8-17)9-18/h5-6,10,18H,1-4,7-9H2. The first-order valence-corrected chi connectivity index (χ1v) is 6.95. The molecule has 2 fully saturated rings. The largest absolute Gasteiger partial charge is 0.396 e. The fourth-order valence-corrected chi connectivity index (χ4v) is 3.56. The molecule has 18 heavy (non-hydrogen) atoms. The van der Waals surface area contributed by atoms with Crippen LogP contribution in [-0.4, -0.2) is 34.8 Å². The highest BCUT2D eigenvalue weighted by atomic mass is 35.5. The zero-order chi connectivity index (χ0) is 12.6. The fourth-order valence-electron chi connectivity index (χ4n) is 3.46. The summed E-state index contributed by atoms with van der Waals surface area (Å²) in [4.78, 5) is 10.8. The van der Waals surface area contributed by atoms with Crippen molar-refractivity contribution >= 4 is 17.5 Å². The van der Waals surface area contributed by atoms with Crippen molar-refractivity contribution in [2.24, 2.45) is 11.3 Å². The molecule has 1 aliphatic heterocycles. The van der Waals surface area contributed by atoms with Gasteiger partial charge in [-0.1, -0.05) is 24.4 Å². The first-order valence-electron chi connectivity index (χ1n) is 6.57. The molecule has 5 heteroatoms. The lowest BCUT2D eigenvalue weighted by atomic mass is 9.69. The number of nitrogens with zero attached hydrogens (tertiary/aromatic N) is 3. The van der Waals surface area contributed by atoms with E-state index in [1.165, 1.54) is 19.3 Å². The Morgan fingerprint density at radius 1 is 1.39 bits per heavy atom. The van der Waals surface area contributed by atoms with Crippen LogP contribution in [0.2, 0.25) is 5.02 Å². The minimum Gasteiger partial charge on any atom is -0.396 e. The second-order valence-electron chi connectivity index (χ2n) is 5.54. The summed E-state index contributed by atoms with van der Waals surface area (Å²) in [6, 6.07) is 0. The van der Waals surface area contributed by atoms with Gasteiger partial charge in [0.25, 0.3) is 0 Å². The van der Waals surface area contributed by atoms with Crippen LogP contribution >= 0.6 is 11.6 Å². The van der Waals surface area contributed by atoms with Gasteiger partial charge in [-0.15, -0.1) is 0 Å². The summed E-state index contributed by atoms with van der Waals surface area (Å²) in [5.41, 5.74) is 0.0707. The number of fused-ring (bicyclic) bond motifs is 1. The number of aromatic nitrogens is 2. The van der Waals surface area contributed by atoms with Crippen LogP contribution in [0.25, 0.3) is 0 Å². The maximum atomic E-state index is 9.77. The molecule has 1 aliphatic carbocycles. The van der Waals surface area contributed by atoms with Gasteiger partial charge in [-0.3, -0.25) is 0 Å². The monoisotopic (exact) mass is 267 g/mol. The quantitative estimate of drug-likeness (QED) is 0.892. The van der Waals surface area contributed by atoms with Crippen LogP contribution in [0, 0.1) is 11.3 Å². The molecule has 4 nitrogen and oxygen atoms in total. The average Bonchev–Trinajstić information content (AvgIpc) is 2.79. The number of halogens is 1. The van der Waals surface area contributed by atoms with Gasteiger partial charge in [-0.05, 0) is 18.8 Å². The molecule has 3 rings (SSSR count). The molecule has 1 N–H and O–H groups in total. The van der Waals surface area contributed by atoms with E-state index in [1.54, 1.807) is 12.4 Å². The van der Waals surface area contributed by atoms with Crippen molar-refractivity contribution in [2.75, 3.05) is 24.6 Å². The molecule has 2 atom stereocenters. The normalized spacial score (nSPS) is 31.4. The van der Waals surface area contributed by atoms with Crippen LogP contribution in [0.15, 0.2) is 12.4 Å². The van der Waals surface area contributed by atoms with Crippen molar-refractivity contribution < 1.29 is 5.11 Å². The molecule has 2 unspecified atom stereocenters. The summed E-state index contributed by atoms with van der Waals surface area (Å²) in [6.45, 7) is 2.11. The van der Waals surface area contributed by atoms with E-state index in [-0.39, 0.29) is 12.0 Å². The van der Waals surface area contributed by atoms with Crippen LogP contribution < -0.4 is 4.90 Å². The Labute approximate surface area is 112 Å². The van der Waals surface area contributed by atoms with Gasteiger partial charge in [0.2, 0.25) is 5.95 Å². The van der Waals surface area contributed by atoms with Gasteiger partial charge in [-0.2, -0.15) is 0 Å². The topological polar surface area (TPSA) is 49.2 Å². The van der Waals surface area contributed by atoms with E-state index in [1.807, 2.05) is 0 Å². The van der Waals surface area contributed by atoms with Crippen molar-refractivity contribution in [2.45, 2.75) is 25.7 Å². The van der Waals surface area contributed by atoms with Gasteiger partial charge in [0.05, 0.1) is 24.0 Å². The molecule has 2 heterocycles. The summed E-state index contributed by atoms with van der Waals surface area (Å²) < 4.78 is 0. The average molecular weight is 268 g/mol. The van der Waals surface area contributed by atoms with Gasteiger partial charge in [0, 0.05) is 18.5 Å². The summed E-state index contributed by atoms with van der Waals surface area (Å²) in [7, 11) is 0. The van der Waals surface area contributed by atoms with Gasteiger partial charge >= 0.3 is 0 Å². The van der Waals surface area contributed by atoms with E-state index in [0.29, 0.717) is 10.9 Å². The zero-order valence-corrected chi connectivity index (χ0v) is 11.1. The van der Waals surface area contributed by atoms with Crippen LogP contribution in [0.4, 0.5) is 5.95 Å². The third-order valence-corrected chi connectivity index (χ3v) is 4.69. The van der Waals surface area contributed by atoms with E-state index in [0.717, 1.165) is 25.5 Å². The summed E-state index contributed by atoms with van der Waals surface area (Å²) in [5, 5.41) is 10.3. The molecule has 0 radical (unpaired) electrons. The third-order valence-electron chi connectivity index (χ3n) is 4.49. The van der Waals surface area contributed by atoms with Crippen molar-refractivity contribution in [3.63, 3.8) is 0 Å². The zero-order valence-electron chi connectivity index (χ0n) is 10.3. The van der Waals surface area contributed by atoms with Crippen molar-refractivity contribution in [1.29, 1.82) is 0 Å². The molecular weight excluding hydrogens is 250 g/mol. The number of aliphatic hydroxyl groups is 1. The first-order chi connectivity index (χ1) is 8.73. The molecule has 1 saturated heterocycles. The number of aliphatic hydroxyl groups excluding tert-OH is 1. The predicted molar refractivity (Wildman–Crippen MR) is 70.7 cm³/mol. The molecule has 1 aromatic heterocycles. The van der Waals surface area contributed by atoms with E-state index in [4.69, 9.17) is 11.6 Å². The van der Waals surface area contributed by atoms with Crippen LogP contribution in [0.3, 0.4) is 0 Å². The van der Waals surface area contributed by atoms with Gasteiger partial charge in [0.15, 0.2) is 0 Å². The lowest BCUT2D eigenvalue weighted by Crippen LogP contribution is -2.37. The van der Waals surface area contributed by atoms with E-state index < -0.39 is 0 Å². The smallest absolute Gasteiger partial charge is 0.225 e. The summed E-state index contributed by atoms with van der Waals surface area (Å²) in [6.07, 6.45) is 8.12. The van der Waals surface area contributed by atoms with E-state index >= 15 is 0 Å².